The lowest BCUT2D eigenvalue weighted by Crippen LogP contribution is -2.52. The maximum Gasteiger partial charge on any atom is 0.254 e. The molecule has 29 heavy (non-hydrogen) atoms. The molecule has 1 aliphatic carbocycles. The zero-order chi connectivity index (χ0) is 19.8. The third-order valence-electron chi connectivity index (χ3n) is 5.91. The Morgan fingerprint density at radius 3 is 2.55 bits per heavy atom. The number of aromatic nitrogens is 3. The van der Waals surface area contributed by atoms with Crippen LogP contribution in [0.4, 0.5) is 10.1 Å². The van der Waals surface area contributed by atoms with Gasteiger partial charge in [0.25, 0.3) is 5.91 Å². The molecule has 5 rings (SSSR count). The van der Waals surface area contributed by atoms with E-state index in [1.54, 1.807) is 6.07 Å². The molecule has 0 bridgehead atoms. The van der Waals surface area contributed by atoms with Gasteiger partial charge in [-0.15, -0.1) is 0 Å². The molecule has 1 saturated heterocycles. The first kappa shape index (κ1) is 18.1. The van der Waals surface area contributed by atoms with Gasteiger partial charge in [0.2, 0.25) is 0 Å². The lowest BCUT2D eigenvalue weighted by atomic mass is 10.1. The van der Waals surface area contributed by atoms with Crippen LogP contribution in [-0.4, -0.2) is 64.5 Å². The molecule has 2 aliphatic rings. The number of nitrogens with one attached hydrogen (secondary N) is 2. The Labute approximate surface area is 167 Å². The molecule has 1 aliphatic heterocycles. The summed E-state index contributed by atoms with van der Waals surface area (Å²) in [5, 5.41) is 14.0. The fourth-order valence-electron chi connectivity index (χ4n) is 4.08. The Morgan fingerprint density at radius 2 is 1.83 bits per heavy atom. The summed E-state index contributed by atoms with van der Waals surface area (Å²) in [6.45, 7) is 4.49. The standard InChI is InChI=1S/C21H23FN6O/c22-15-4-6-16(7-5-15)28-12-10-27(11-13-28)14-21(8-9-21)23-20(29)17-2-1-3-18-19(17)25-26-24-18/h1-7H,8-14H2,(H,23,29)(H,24,25,26). The topological polar surface area (TPSA) is 77.2 Å². The average Bonchev–Trinajstić information content (AvgIpc) is 3.30. The monoisotopic (exact) mass is 394 g/mol. The van der Waals surface area contributed by atoms with Gasteiger partial charge in [0.1, 0.15) is 16.9 Å². The number of amides is 1. The fraction of sp³-hybridized carbons (Fsp3) is 0.381. The quantitative estimate of drug-likeness (QED) is 0.694. The van der Waals surface area contributed by atoms with Gasteiger partial charge in [0.05, 0.1) is 11.1 Å². The molecule has 1 saturated carbocycles. The van der Waals surface area contributed by atoms with Gasteiger partial charge in [-0.05, 0) is 49.2 Å². The molecule has 2 N–H and O–H groups in total. The van der Waals surface area contributed by atoms with E-state index >= 15 is 0 Å². The normalized spacial score (nSPS) is 18.7. The summed E-state index contributed by atoms with van der Waals surface area (Å²) < 4.78 is 13.1. The van der Waals surface area contributed by atoms with E-state index in [1.165, 1.54) is 12.1 Å². The Balaban J connectivity index is 1.20. The van der Waals surface area contributed by atoms with Gasteiger partial charge in [-0.1, -0.05) is 6.07 Å². The number of rotatable bonds is 5. The van der Waals surface area contributed by atoms with E-state index in [4.69, 9.17) is 0 Å². The van der Waals surface area contributed by atoms with Crippen molar-refractivity contribution in [2.75, 3.05) is 37.6 Å². The van der Waals surface area contributed by atoms with Crippen molar-refractivity contribution in [2.45, 2.75) is 18.4 Å². The Kier molecular flexibility index (Phi) is 4.43. The molecule has 0 atom stereocenters. The molecular weight excluding hydrogens is 371 g/mol. The molecule has 1 aromatic heterocycles. The zero-order valence-corrected chi connectivity index (χ0v) is 16.1. The Morgan fingerprint density at radius 1 is 1.07 bits per heavy atom. The molecule has 8 heteroatoms. The van der Waals surface area contributed by atoms with Crippen LogP contribution in [0, 0.1) is 5.82 Å². The molecule has 3 aromatic rings. The fourth-order valence-corrected chi connectivity index (χ4v) is 4.08. The maximum atomic E-state index is 13.1. The van der Waals surface area contributed by atoms with Crippen LogP contribution in [0.5, 0.6) is 0 Å². The summed E-state index contributed by atoms with van der Waals surface area (Å²) in [6, 6.07) is 12.1. The van der Waals surface area contributed by atoms with Crippen molar-refractivity contribution in [1.29, 1.82) is 0 Å². The number of H-pyrrole nitrogens is 1. The van der Waals surface area contributed by atoms with Gasteiger partial charge < -0.3 is 10.2 Å². The van der Waals surface area contributed by atoms with E-state index in [1.807, 2.05) is 24.3 Å². The molecule has 0 unspecified atom stereocenters. The number of benzene rings is 2. The minimum Gasteiger partial charge on any atom is -0.369 e. The van der Waals surface area contributed by atoms with Crippen LogP contribution in [-0.2, 0) is 0 Å². The number of anilines is 1. The van der Waals surface area contributed by atoms with E-state index in [2.05, 4.69) is 30.5 Å². The first-order chi connectivity index (χ1) is 14.1. The third-order valence-corrected chi connectivity index (χ3v) is 5.91. The highest BCUT2D eigenvalue weighted by atomic mass is 19.1. The molecule has 7 nitrogen and oxygen atoms in total. The second-order valence-corrected chi connectivity index (χ2v) is 7.97. The van der Waals surface area contributed by atoms with Gasteiger partial charge in [-0.25, -0.2) is 4.39 Å². The number of hydrogen-bond acceptors (Lipinski definition) is 5. The molecule has 2 fully saturated rings. The summed E-state index contributed by atoms with van der Waals surface area (Å²) in [5.41, 5.74) is 2.76. The number of fused-ring (bicyclic) bond motifs is 1. The first-order valence-electron chi connectivity index (χ1n) is 9.97. The van der Waals surface area contributed by atoms with Crippen molar-refractivity contribution in [2.24, 2.45) is 0 Å². The predicted octanol–water partition coefficient (Wildman–Crippen LogP) is 2.18. The number of para-hydroxylation sites is 1. The van der Waals surface area contributed by atoms with Crippen molar-refractivity contribution in [1.82, 2.24) is 25.6 Å². The second-order valence-electron chi connectivity index (χ2n) is 7.97. The lowest BCUT2D eigenvalue weighted by Gasteiger charge is -2.38. The van der Waals surface area contributed by atoms with Crippen LogP contribution in [0.2, 0.25) is 0 Å². The highest BCUT2D eigenvalue weighted by Gasteiger charge is 2.45. The zero-order valence-electron chi connectivity index (χ0n) is 16.1. The van der Waals surface area contributed by atoms with Crippen LogP contribution in [0.15, 0.2) is 42.5 Å². The largest absolute Gasteiger partial charge is 0.369 e. The minimum atomic E-state index is -0.208. The minimum absolute atomic E-state index is 0.0908. The summed E-state index contributed by atoms with van der Waals surface area (Å²) >= 11 is 0. The number of carbonyl (C=O) groups is 1. The van der Waals surface area contributed by atoms with Crippen molar-refractivity contribution in [3.05, 3.63) is 53.8 Å². The molecule has 2 aromatic carbocycles. The number of aromatic amines is 1. The summed E-state index contributed by atoms with van der Waals surface area (Å²) in [4.78, 5) is 17.6. The third kappa shape index (κ3) is 3.67. The van der Waals surface area contributed by atoms with Gasteiger partial charge in [0.15, 0.2) is 0 Å². The lowest BCUT2D eigenvalue weighted by molar-refractivity contribution is 0.0916. The van der Waals surface area contributed by atoms with Crippen molar-refractivity contribution < 1.29 is 9.18 Å². The van der Waals surface area contributed by atoms with E-state index in [0.29, 0.717) is 16.6 Å². The van der Waals surface area contributed by atoms with Crippen LogP contribution in [0.25, 0.3) is 11.0 Å². The van der Waals surface area contributed by atoms with Gasteiger partial charge in [-0.3, -0.25) is 9.69 Å². The number of nitrogens with zero attached hydrogens (tertiary/aromatic N) is 4. The van der Waals surface area contributed by atoms with Gasteiger partial charge >= 0.3 is 0 Å². The van der Waals surface area contributed by atoms with Crippen LogP contribution in [0.1, 0.15) is 23.2 Å². The summed E-state index contributed by atoms with van der Waals surface area (Å²) in [7, 11) is 0. The van der Waals surface area contributed by atoms with Crippen molar-refractivity contribution >= 4 is 22.6 Å². The van der Waals surface area contributed by atoms with Crippen LogP contribution < -0.4 is 10.2 Å². The number of carbonyl (C=O) groups excluding carboxylic acids is 1. The maximum absolute atomic E-state index is 13.1. The van der Waals surface area contributed by atoms with E-state index in [-0.39, 0.29) is 17.3 Å². The average molecular weight is 394 g/mol. The molecule has 1 amide bonds. The SMILES string of the molecule is O=C(NC1(CN2CCN(c3ccc(F)cc3)CC2)CC1)c1cccc2n[nH]nc12. The molecule has 2 heterocycles. The number of halogens is 1. The highest BCUT2D eigenvalue weighted by Crippen LogP contribution is 2.37. The highest BCUT2D eigenvalue weighted by molar-refractivity contribution is 6.05. The van der Waals surface area contributed by atoms with Gasteiger partial charge in [0, 0.05) is 38.4 Å². The summed E-state index contributed by atoms with van der Waals surface area (Å²) in [6.07, 6.45) is 1.98. The Bertz CT molecular complexity index is 1020. The van der Waals surface area contributed by atoms with E-state index in [9.17, 15) is 9.18 Å². The first-order valence-corrected chi connectivity index (χ1v) is 9.97. The molecule has 0 radical (unpaired) electrons. The van der Waals surface area contributed by atoms with Crippen molar-refractivity contribution in [3.8, 4) is 0 Å². The number of hydrogen-bond donors (Lipinski definition) is 2. The van der Waals surface area contributed by atoms with E-state index < -0.39 is 0 Å². The Hall–Kier alpha value is -3.00. The summed E-state index contributed by atoms with van der Waals surface area (Å²) in [5.74, 6) is -0.299. The van der Waals surface area contributed by atoms with Crippen LogP contribution >= 0.6 is 0 Å². The molecule has 150 valence electrons. The second kappa shape index (κ2) is 7.11. The van der Waals surface area contributed by atoms with E-state index in [0.717, 1.165) is 51.3 Å². The molecular formula is C21H23FN6O. The van der Waals surface area contributed by atoms with Gasteiger partial charge in [-0.2, -0.15) is 15.4 Å². The number of piperazine rings is 1. The molecule has 0 spiro atoms. The van der Waals surface area contributed by atoms with Crippen molar-refractivity contribution in [3.63, 3.8) is 0 Å². The predicted molar refractivity (Wildman–Crippen MR) is 108 cm³/mol. The smallest absolute Gasteiger partial charge is 0.254 e. The van der Waals surface area contributed by atoms with Crippen LogP contribution in [0.3, 0.4) is 0 Å².